The van der Waals surface area contributed by atoms with E-state index in [1.165, 1.54) is 6.07 Å². The summed E-state index contributed by atoms with van der Waals surface area (Å²) in [6.07, 6.45) is 0.679. The Bertz CT molecular complexity index is 575. The van der Waals surface area contributed by atoms with Crippen molar-refractivity contribution in [2.24, 2.45) is 5.84 Å². The van der Waals surface area contributed by atoms with Crippen molar-refractivity contribution in [1.29, 1.82) is 0 Å². The van der Waals surface area contributed by atoms with E-state index >= 15 is 0 Å². The molecular formula is C14H13Br2FN2. The van der Waals surface area contributed by atoms with Crippen molar-refractivity contribution in [2.45, 2.75) is 12.5 Å². The maximum Gasteiger partial charge on any atom is 0.137 e. The second-order valence-electron chi connectivity index (χ2n) is 4.19. The molecule has 0 bridgehead atoms. The Labute approximate surface area is 128 Å². The van der Waals surface area contributed by atoms with Gasteiger partial charge < -0.3 is 0 Å². The van der Waals surface area contributed by atoms with E-state index in [-0.39, 0.29) is 11.9 Å². The van der Waals surface area contributed by atoms with Crippen LogP contribution in [0.5, 0.6) is 0 Å². The molecule has 19 heavy (non-hydrogen) atoms. The van der Waals surface area contributed by atoms with Gasteiger partial charge >= 0.3 is 0 Å². The van der Waals surface area contributed by atoms with Crippen LogP contribution in [-0.2, 0) is 6.42 Å². The molecule has 0 saturated carbocycles. The molecule has 5 heteroatoms. The zero-order valence-electron chi connectivity index (χ0n) is 10.0. The monoisotopic (exact) mass is 386 g/mol. The lowest BCUT2D eigenvalue weighted by Gasteiger charge is -2.18. The second-order valence-corrected chi connectivity index (χ2v) is 5.90. The largest absolute Gasteiger partial charge is 0.271 e. The van der Waals surface area contributed by atoms with Crippen molar-refractivity contribution in [2.75, 3.05) is 0 Å². The Morgan fingerprint density at radius 2 is 1.84 bits per heavy atom. The third-order valence-electron chi connectivity index (χ3n) is 2.91. The molecule has 0 aromatic heterocycles. The molecule has 1 unspecified atom stereocenters. The zero-order valence-corrected chi connectivity index (χ0v) is 13.2. The highest BCUT2D eigenvalue weighted by molar-refractivity contribution is 9.10. The Balaban J connectivity index is 2.24. The number of halogens is 3. The lowest BCUT2D eigenvalue weighted by Crippen LogP contribution is -2.29. The fraction of sp³-hybridized carbons (Fsp3) is 0.143. The minimum absolute atomic E-state index is 0.0343. The standard InChI is InChI=1S/C14H13Br2FN2/c15-11-4-2-1-3-10(11)14(19-18)8-9-5-6-13(17)12(16)7-9/h1-7,14,19H,8,18H2. The summed E-state index contributed by atoms with van der Waals surface area (Å²) in [4.78, 5) is 0. The molecule has 2 aromatic carbocycles. The molecule has 1 atom stereocenters. The smallest absolute Gasteiger partial charge is 0.137 e. The Kier molecular flexibility index (Phi) is 5.10. The van der Waals surface area contributed by atoms with E-state index in [2.05, 4.69) is 37.3 Å². The van der Waals surface area contributed by atoms with E-state index in [0.717, 1.165) is 15.6 Å². The molecule has 0 spiro atoms. The van der Waals surface area contributed by atoms with Gasteiger partial charge in [0.15, 0.2) is 0 Å². The Morgan fingerprint density at radius 3 is 2.47 bits per heavy atom. The number of benzene rings is 2. The summed E-state index contributed by atoms with van der Waals surface area (Å²) in [5, 5.41) is 0. The van der Waals surface area contributed by atoms with Crippen LogP contribution < -0.4 is 11.3 Å². The first-order chi connectivity index (χ1) is 9.11. The third-order valence-corrected chi connectivity index (χ3v) is 4.24. The molecule has 0 aliphatic heterocycles. The molecule has 0 radical (unpaired) electrons. The highest BCUT2D eigenvalue weighted by Gasteiger charge is 2.14. The molecule has 0 fully saturated rings. The summed E-state index contributed by atoms with van der Waals surface area (Å²) >= 11 is 6.71. The SMILES string of the molecule is NNC(Cc1ccc(F)c(Br)c1)c1ccccc1Br. The molecular weight excluding hydrogens is 375 g/mol. The van der Waals surface area contributed by atoms with Crippen LogP contribution in [0.1, 0.15) is 17.2 Å². The van der Waals surface area contributed by atoms with Crippen molar-refractivity contribution in [3.05, 3.63) is 68.4 Å². The quantitative estimate of drug-likeness (QED) is 0.612. The minimum Gasteiger partial charge on any atom is -0.271 e. The van der Waals surface area contributed by atoms with Gasteiger partial charge in [0.2, 0.25) is 0 Å². The lowest BCUT2D eigenvalue weighted by atomic mass is 9.99. The fourth-order valence-electron chi connectivity index (χ4n) is 1.92. The number of nitrogens with two attached hydrogens (primary N) is 1. The van der Waals surface area contributed by atoms with Crippen LogP contribution in [0.2, 0.25) is 0 Å². The van der Waals surface area contributed by atoms with Gasteiger partial charge in [-0.2, -0.15) is 0 Å². The average molecular weight is 388 g/mol. The van der Waals surface area contributed by atoms with Crippen LogP contribution in [0.3, 0.4) is 0 Å². The summed E-state index contributed by atoms with van der Waals surface area (Å²) in [6.45, 7) is 0. The molecule has 2 nitrogen and oxygen atoms in total. The normalized spacial score (nSPS) is 12.4. The Hall–Kier alpha value is -0.750. The summed E-state index contributed by atoms with van der Waals surface area (Å²) in [7, 11) is 0. The predicted octanol–water partition coefficient (Wildman–Crippen LogP) is 4.10. The van der Waals surface area contributed by atoms with Gasteiger partial charge in [-0.3, -0.25) is 11.3 Å². The van der Waals surface area contributed by atoms with Crippen LogP contribution in [0, 0.1) is 5.82 Å². The van der Waals surface area contributed by atoms with Gasteiger partial charge in [-0.15, -0.1) is 0 Å². The van der Waals surface area contributed by atoms with Gasteiger partial charge in [-0.05, 0) is 51.7 Å². The molecule has 0 aliphatic carbocycles. The van der Waals surface area contributed by atoms with E-state index in [9.17, 15) is 4.39 Å². The van der Waals surface area contributed by atoms with Crippen LogP contribution >= 0.6 is 31.9 Å². The van der Waals surface area contributed by atoms with E-state index < -0.39 is 0 Å². The molecule has 0 heterocycles. The van der Waals surface area contributed by atoms with Gasteiger partial charge in [-0.1, -0.05) is 40.2 Å². The van der Waals surface area contributed by atoms with Crippen molar-refractivity contribution >= 4 is 31.9 Å². The first kappa shape index (κ1) is 14.7. The summed E-state index contributed by atoms with van der Waals surface area (Å²) in [6, 6.07) is 12.9. The van der Waals surface area contributed by atoms with Crippen LogP contribution in [-0.4, -0.2) is 0 Å². The van der Waals surface area contributed by atoms with Crippen LogP contribution in [0.15, 0.2) is 51.4 Å². The summed E-state index contributed by atoms with van der Waals surface area (Å²) < 4.78 is 14.7. The predicted molar refractivity (Wildman–Crippen MR) is 82.0 cm³/mol. The van der Waals surface area contributed by atoms with E-state index in [0.29, 0.717) is 10.9 Å². The maximum absolute atomic E-state index is 13.2. The number of rotatable bonds is 4. The summed E-state index contributed by atoms with van der Waals surface area (Å²) in [5.74, 6) is 5.37. The topological polar surface area (TPSA) is 38.0 Å². The molecule has 2 aromatic rings. The molecule has 0 aliphatic rings. The van der Waals surface area contributed by atoms with Gasteiger partial charge in [0, 0.05) is 4.47 Å². The fourth-order valence-corrected chi connectivity index (χ4v) is 2.91. The minimum atomic E-state index is -0.262. The Morgan fingerprint density at radius 1 is 1.11 bits per heavy atom. The van der Waals surface area contributed by atoms with E-state index in [1.54, 1.807) is 12.1 Å². The lowest BCUT2D eigenvalue weighted by molar-refractivity contribution is 0.548. The first-order valence-corrected chi connectivity index (χ1v) is 7.35. The maximum atomic E-state index is 13.2. The molecule has 0 saturated heterocycles. The van der Waals surface area contributed by atoms with Crippen molar-refractivity contribution in [3.63, 3.8) is 0 Å². The van der Waals surface area contributed by atoms with Crippen LogP contribution in [0.4, 0.5) is 4.39 Å². The molecule has 3 N–H and O–H groups in total. The zero-order chi connectivity index (χ0) is 13.8. The highest BCUT2D eigenvalue weighted by Crippen LogP contribution is 2.26. The van der Waals surface area contributed by atoms with Gasteiger partial charge in [0.25, 0.3) is 0 Å². The van der Waals surface area contributed by atoms with Gasteiger partial charge in [-0.25, -0.2) is 4.39 Å². The number of hydrogen-bond acceptors (Lipinski definition) is 2. The summed E-state index contributed by atoms with van der Waals surface area (Å²) in [5.41, 5.74) is 4.88. The second kappa shape index (κ2) is 6.61. The van der Waals surface area contributed by atoms with Gasteiger partial charge in [0.05, 0.1) is 10.5 Å². The number of hydrogen-bond donors (Lipinski definition) is 2. The van der Waals surface area contributed by atoms with Crippen LogP contribution in [0.25, 0.3) is 0 Å². The number of hydrazine groups is 1. The third kappa shape index (κ3) is 3.63. The highest BCUT2D eigenvalue weighted by atomic mass is 79.9. The van der Waals surface area contributed by atoms with Gasteiger partial charge in [0.1, 0.15) is 5.82 Å². The average Bonchev–Trinajstić information content (AvgIpc) is 2.41. The van der Waals surface area contributed by atoms with Crippen molar-refractivity contribution < 1.29 is 4.39 Å². The van der Waals surface area contributed by atoms with E-state index in [4.69, 9.17) is 5.84 Å². The molecule has 100 valence electrons. The number of nitrogens with one attached hydrogen (secondary N) is 1. The molecule has 2 rings (SSSR count). The first-order valence-electron chi connectivity index (χ1n) is 5.76. The van der Waals surface area contributed by atoms with Crippen molar-refractivity contribution in [3.8, 4) is 0 Å². The molecule has 0 amide bonds. The van der Waals surface area contributed by atoms with Crippen molar-refractivity contribution in [1.82, 2.24) is 5.43 Å². The van der Waals surface area contributed by atoms with E-state index in [1.807, 2.05) is 24.3 Å².